The molecule has 0 heterocycles. The molecule has 2 amide bonds. The summed E-state index contributed by atoms with van der Waals surface area (Å²) in [4.78, 5) is 36.7. The lowest BCUT2D eigenvalue weighted by molar-refractivity contribution is -0.149. The number of hydrogen-bond donors (Lipinski definition) is 2. The number of hydrogen-bond acceptors (Lipinski definition) is 4. The zero-order chi connectivity index (χ0) is 17.2. The van der Waals surface area contributed by atoms with Gasteiger partial charge in [0.25, 0.3) is 0 Å². The van der Waals surface area contributed by atoms with Crippen molar-refractivity contribution in [3.8, 4) is 0 Å². The van der Waals surface area contributed by atoms with Gasteiger partial charge in [0.1, 0.15) is 6.04 Å². The quantitative estimate of drug-likeness (QED) is 0.668. The summed E-state index contributed by atoms with van der Waals surface area (Å²) < 4.78 is 0. The van der Waals surface area contributed by atoms with Crippen molar-refractivity contribution in [2.45, 2.75) is 31.2 Å². The summed E-state index contributed by atoms with van der Waals surface area (Å²) in [6.45, 7) is 3.27. The van der Waals surface area contributed by atoms with Crippen LogP contribution >= 0.6 is 11.8 Å². The minimum Gasteiger partial charge on any atom is -0.480 e. The van der Waals surface area contributed by atoms with Crippen LogP contribution in [0, 0.1) is 0 Å². The van der Waals surface area contributed by atoms with E-state index in [0.29, 0.717) is 5.75 Å². The molecule has 1 unspecified atom stereocenters. The maximum Gasteiger partial charge on any atom is 0.326 e. The number of nitrogens with one attached hydrogen (secondary N) is 1. The first kappa shape index (κ1) is 19.0. The maximum absolute atomic E-state index is 12.3. The topological polar surface area (TPSA) is 86.7 Å². The van der Waals surface area contributed by atoms with Crippen LogP contribution in [-0.2, 0) is 14.4 Å². The van der Waals surface area contributed by atoms with Gasteiger partial charge in [-0.1, -0.05) is 18.2 Å². The highest BCUT2D eigenvalue weighted by molar-refractivity contribution is 7.99. The van der Waals surface area contributed by atoms with E-state index >= 15 is 0 Å². The first-order chi connectivity index (χ1) is 10.9. The molecule has 1 atom stereocenters. The fraction of sp³-hybridized carbons (Fsp3) is 0.438. The molecule has 0 aliphatic heterocycles. The highest BCUT2D eigenvalue weighted by Gasteiger charge is 2.24. The van der Waals surface area contributed by atoms with E-state index in [2.05, 4.69) is 5.32 Å². The average molecular weight is 338 g/mol. The van der Waals surface area contributed by atoms with E-state index in [4.69, 9.17) is 5.11 Å². The molecular formula is C16H22N2O4S. The predicted molar refractivity (Wildman–Crippen MR) is 89.3 cm³/mol. The van der Waals surface area contributed by atoms with Gasteiger partial charge in [0.2, 0.25) is 11.8 Å². The second-order valence-electron chi connectivity index (χ2n) is 5.00. The van der Waals surface area contributed by atoms with Crippen molar-refractivity contribution in [3.05, 3.63) is 30.3 Å². The molecule has 1 rings (SSSR count). The average Bonchev–Trinajstić information content (AvgIpc) is 2.51. The summed E-state index contributed by atoms with van der Waals surface area (Å²) in [5.74, 6) is -0.920. The van der Waals surface area contributed by atoms with E-state index in [1.165, 1.54) is 18.7 Å². The lowest BCUT2D eigenvalue weighted by Crippen LogP contribution is -2.46. The molecule has 1 aromatic carbocycles. The Morgan fingerprint density at radius 3 is 2.48 bits per heavy atom. The van der Waals surface area contributed by atoms with E-state index in [0.717, 1.165) is 4.90 Å². The Labute approximate surface area is 140 Å². The molecule has 0 saturated carbocycles. The van der Waals surface area contributed by atoms with Gasteiger partial charge in [-0.3, -0.25) is 9.59 Å². The number of carboxylic acid groups (broad SMARTS) is 1. The van der Waals surface area contributed by atoms with Crippen molar-refractivity contribution < 1.29 is 19.5 Å². The molecular weight excluding hydrogens is 316 g/mol. The normalized spacial score (nSPS) is 11.6. The van der Waals surface area contributed by atoms with Crippen molar-refractivity contribution >= 4 is 29.5 Å². The van der Waals surface area contributed by atoms with Gasteiger partial charge in [-0.2, -0.15) is 0 Å². The van der Waals surface area contributed by atoms with Crippen LogP contribution in [0.3, 0.4) is 0 Å². The number of aliphatic carboxylic acids is 1. The predicted octanol–water partition coefficient (Wildman–Crippen LogP) is 1.61. The van der Waals surface area contributed by atoms with Crippen LogP contribution in [-0.4, -0.2) is 52.7 Å². The first-order valence-electron chi connectivity index (χ1n) is 7.36. The van der Waals surface area contributed by atoms with E-state index in [1.54, 1.807) is 11.8 Å². The Balaban J connectivity index is 2.52. The summed E-state index contributed by atoms with van der Waals surface area (Å²) in [5.41, 5.74) is 0. The van der Waals surface area contributed by atoms with Gasteiger partial charge in [-0.15, -0.1) is 11.8 Å². The highest BCUT2D eigenvalue weighted by Crippen LogP contribution is 2.18. The number of nitrogens with zero attached hydrogens (tertiary/aromatic N) is 1. The Kier molecular flexibility index (Phi) is 8.18. The zero-order valence-corrected chi connectivity index (χ0v) is 14.1. The Morgan fingerprint density at radius 2 is 1.91 bits per heavy atom. The number of amides is 2. The summed E-state index contributed by atoms with van der Waals surface area (Å²) in [6, 6.07) is 8.78. The molecule has 0 radical (unpaired) electrons. The van der Waals surface area contributed by atoms with Gasteiger partial charge in [-0.05, 0) is 19.1 Å². The van der Waals surface area contributed by atoms with Gasteiger partial charge in [0.15, 0.2) is 0 Å². The summed E-state index contributed by atoms with van der Waals surface area (Å²) >= 11 is 1.55. The van der Waals surface area contributed by atoms with Crippen molar-refractivity contribution in [3.63, 3.8) is 0 Å². The monoisotopic (exact) mass is 338 g/mol. The molecule has 1 aromatic rings. The number of carboxylic acids is 1. The molecule has 0 aliphatic carbocycles. The second-order valence-corrected chi connectivity index (χ2v) is 6.16. The maximum atomic E-state index is 12.3. The molecule has 0 fully saturated rings. The minimum atomic E-state index is -1.06. The van der Waals surface area contributed by atoms with Gasteiger partial charge in [0, 0.05) is 37.1 Å². The van der Waals surface area contributed by atoms with E-state index in [1.807, 2.05) is 30.3 Å². The van der Waals surface area contributed by atoms with Crippen molar-refractivity contribution in [2.75, 3.05) is 18.8 Å². The Hall–Kier alpha value is -2.02. The number of carbonyl (C=O) groups excluding carboxylic acids is 2. The number of benzene rings is 1. The van der Waals surface area contributed by atoms with Gasteiger partial charge in [0.05, 0.1) is 0 Å². The van der Waals surface area contributed by atoms with Crippen molar-refractivity contribution in [2.24, 2.45) is 0 Å². The third-order valence-electron chi connectivity index (χ3n) is 3.20. The number of rotatable bonds is 9. The van der Waals surface area contributed by atoms with Gasteiger partial charge in [-0.25, -0.2) is 4.79 Å². The third-order valence-corrected chi connectivity index (χ3v) is 4.21. The van der Waals surface area contributed by atoms with Crippen molar-refractivity contribution in [1.82, 2.24) is 10.2 Å². The summed E-state index contributed by atoms with van der Waals surface area (Å²) in [6.07, 6.45) is 0.247. The van der Waals surface area contributed by atoms with E-state index in [9.17, 15) is 14.4 Å². The summed E-state index contributed by atoms with van der Waals surface area (Å²) in [5, 5.41) is 11.7. The molecule has 7 heteroatoms. The van der Waals surface area contributed by atoms with Crippen LogP contribution < -0.4 is 5.32 Å². The number of carbonyl (C=O) groups is 3. The molecule has 126 valence electrons. The van der Waals surface area contributed by atoms with Crippen LogP contribution in [0.4, 0.5) is 0 Å². The van der Waals surface area contributed by atoms with E-state index < -0.39 is 12.0 Å². The minimum absolute atomic E-state index is 0.182. The molecule has 0 aliphatic rings. The van der Waals surface area contributed by atoms with E-state index in [-0.39, 0.29) is 31.3 Å². The van der Waals surface area contributed by atoms with Crippen molar-refractivity contribution in [1.29, 1.82) is 0 Å². The Morgan fingerprint density at radius 1 is 1.26 bits per heavy atom. The fourth-order valence-electron chi connectivity index (χ4n) is 1.94. The largest absolute Gasteiger partial charge is 0.480 e. The Bertz CT molecular complexity index is 536. The lowest BCUT2D eigenvalue weighted by atomic mass is 10.2. The smallest absolute Gasteiger partial charge is 0.326 e. The third kappa shape index (κ3) is 7.19. The molecule has 0 saturated heterocycles. The van der Waals surface area contributed by atoms with Crippen LogP contribution in [0.1, 0.15) is 20.3 Å². The zero-order valence-electron chi connectivity index (χ0n) is 13.3. The van der Waals surface area contributed by atoms with Crippen LogP contribution in [0.2, 0.25) is 0 Å². The van der Waals surface area contributed by atoms with Crippen LogP contribution in [0.15, 0.2) is 35.2 Å². The highest BCUT2D eigenvalue weighted by atomic mass is 32.2. The number of thioether (sulfide) groups is 1. The standard InChI is InChI=1S/C16H22N2O4S/c1-12(16(21)22)18(10-9-17-13(2)19)15(20)8-11-23-14-6-4-3-5-7-14/h3-7,12H,8-11H2,1-2H3,(H,17,19)(H,21,22). The second kappa shape index (κ2) is 9.89. The van der Waals surface area contributed by atoms with Crippen LogP contribution in [0.5, 0.6) is 0 Å². The molecule has 23 heavy (non-hydrogen) atoms. The SMILES string of the molecule is CC(=O)NCCN(C(=O)CCSc1ccccc1)C(C)C(=O)O. The fourth-order valence-corrected chi connectivity index (χ4v) is 2.80. The summed E-state index contributed by atoms with van der Waals surface area (Å²) in [7, 11) is 0. The first-order valence-corrected chi connectivity index (χ1v) is 8.35. The van der Waals surface area contributed by atoms with Gasteiger partial charge >= 0.3 is 5.97 Å². The molecule has 6 nitrogen and oxygen atoms in total. The van der Waals surface area contributed by atoms with Crippen LogP contribution in [0.25, 0.3) is 0 Å². The molecule has 0 spiro atoms. The molecule has 2 N–H and O–H groups in total. The lowest BCUT2D eigenvalue weighted by Gasteiger charge is -2.26. The molecule has 0 bridgehead atoms. The van der Waals surface area contributed by atoms with Gasteiger partial charge < -0.3 is 15.3 Å². The molecule has 0 aromatic heterocycles.